The van der Waals surface area contributed by atoms with Gasteiger partial charge >= 0.3 is 0 Å². The van der Waals surface area contributed by atoms with Gasteiger partial charge in [0.2, 0.25) is 5.91 Å². The SMILES string of the molecule is Cl.Cl.O=C(Nc1ccc(N2CCOCC2)cn1)C1CCCCN1. The molecule has 1 unspecified atom stereocenters. The lowest BCUT2D eigenvalue weighted by atomic mass is 10.0. The van der Waals surface area contributed by atoms with E-state index in [1.165, 1.54) is 0 Å². The second kappa shape index (κ2) is 9.93. The van der Waals surface area contributed by atoms with Crippen LogP contribution in [0.3, 0.4) is 0 Å². The number of halogens is 2. The van der Waals surface area contributed by atoms with Gasteiger partial charge in [-0.3, -0.25) is 4.79 Å². The van der Waals surface area contributed by atoms with Gasteiger partial charge in [-0.25, -0.2) is 4.98 Å². The third-order valence-electron chi connectivity index (χ3n) is 4.00. The molecule has 2 N–H and O–H groups in total. The first-order chi connectivity index (χ1) is 10.3. The van der Waals surface area contributed by atoms with Gasteiger partial charge in [-0.05, 0) is 31.5 Å². The Bertz CT molecular complexity index is 475. The third-order valence-corrected chi connectivity index (χ3v) is 4.00. The van der Waals surface area contributed by atoms with Crippen LogP contribution in [0.5, 0.6) is 0 Å². The fourth-order valence-electron chi connectivity index (χ4n) is 2.76. The molecule has 1 amide bonds. The van der Waals surface area contributed by atoms with Crippen LogP contribution in [0.4, 0.5) is 11.5 Å². The average Bonchev–Trinajstić information content (AvgIpc) is 2.57. The molecular weight excluding hydrogens is 339 g/mol. The van der Waals surface area contributed by atoms with Gasteiger partial charge in [-0.1, -0.05) is 6.42 Å². The molecule has 1 atom stereocenters. The Balaban J connectivity index is 0.00000132. The van der Waals surface area contributed by atoms with E-state index in [-0.39, 0.29) is 36.8 Å². The van der Waals surface area contributed by atoms with Crippen molar-refractivity contribution in [2.75, 3.05) is 43.1 Å². The molecule has 0 saturated carbocycles. The second-order valence-corrected chi connectivity index (χ2v) is 5.49. The van der Waals surface area contributed by atoms with Crippen LogP contribution >= 0.6 is 24.8 Å². The first-order valence-corrected chi connectivity index (χ1v) is 7.66. The van der Waals surface area contributed by atoms with Crippen molar-refractivity contribution in [3.8, 4) is 0 Å². The van der Waals surface area contributed by atoms with Crippen LogP contribution in [0.1, 0.15) is 19.3 Å². The molecule has 6 nitrogen and oxygen atoms in total. The Morgan fingerprint density at radius 2 is 2.04 bits per heavy atom. The molecule has 23 heavy (non-hydrogen) atoms. The van der Waals surface area contributed by atoms with Crippen LogP contribution in [0.15, 0.2) is 18.3 Å². The minimum Gasteiger partial charge on any atom is -0.378 e. The number of morpholine rings is 1. The summed E-state index contributed by atoms with van der Waals surface area (Å²) in [6, 6.07) is 3.78. The topological polar surface area (TPSA) is 66.5 Å². The highest BCUT2D eigenvalue weighted by atomic mass is 35.5. The lowest BCUT2D eigenvalue weighted by Gasteiger charge is -2.28. The van der Waals surface area contributed by atoms with Crippen LogP contribution in [-0.2, 0) is 9.53 Å². The summed E-state index contributed by atoms with van der Waals surface area (Å²) in [5.74, 6) is 0.630. The number of carbonyl (C=O) groups is 1. The summed E-state index contributed by atoms with van der Waals surface area (Å²) in [7, 11) is 0. The van der Waals surface area contributed by atoms with Crippen molar-refractivity contribution < 1.29 is 9.53 Å². The van der Waals surface area contributed by atoms with E-state index in [2.05, 4.69) is 20.5 Å². The van der Waals surface area contributed by atoms with Gasteiger partial charge < -0.3 is 20.3 Å². The van der Waals surface area contributed by atoms with Crippen LogP contribution in [0.25, 0.3) is 0 Å². The first-order valence-electron chi connectivity index (χ1n) is 7.66. The molecule has 130 valence electrons. The number of hydrogen-bond donors (Lipinski definition) is 2. The number of amides is 1. The Morgan fingerprint density at radius 3 is 2.65 bits per heavy atom. The van der Waals surface area contributed by atoms with Crippen molar-refractivity contribution in [1.82, 2.24) is 10.3 Å². The van der Waals surface area contributed by atoms with Gasteiger partial charge in [-0.15, -0.1) is 24.8 Å². The Hall–Kier alpha value is -1.08. The highest BCUT2D eigenvalue weighted by Crippen LogP contribution is 2.17. The fourth-order valence-corrected chi connectivity index (χ4v) is 2.76. The van der Waals surface area contributed by atoms with E-state index >= 15 is 0 Å². The maximum absolute atomic E-state index is 12.1. The van der Waals surface area contributed by atoms with Crippen LogP contribution in [-0.4, -0.2) is 49.8 Å². The molecule has 2 aliphatic heterocycles. The van der Waals surface area contributed by atoms with E-state index in [0.717, 1.165) is 57.8 Å². The van der Waals surface area contributed by atoms with Crippen LogP contribution < -0.4 is 15.5 Å². The van der Waals surface area contributed by atoms with E-state index in [0.29, 0.717) is 5.82 Å². The highest BCUT2D eigenvalue weighted by Gasteiger charge is 2.20. The predicted molar refractivity (Wildman–Crippen MR) is 96.0 cm³/mol. The molecule has 0 aliphatic carbocycles. The van der Waals surface area contributed by atoms with Gasteiger partial charge in [0, 0.05) is 13.1 Å². The average molecular weight is 363 g/mol. The second-order valence-electron chi connectivity index (χ2n) is 5.49. The zero-order valence-corrected chi connectivity index (χ0v) is 14.6. The largest absolute Gasteiger partial charge is 0.378 e. The summed E-state index contributed by atoms with van der Waals surface area (Å²) in [6.07, 6.45) is 4.97. The molecular formula is C15H24Cl2N4O2. The van der Waals surface area contributed by atoms with Crippen molar-refractivity contribution in [3.05, 3.63) is 18.3 Å². The van der Waals surface area contributed by atoms with Gasteiger partial charge in [0.25, 0.3) is 0 Å². The minimum atomic E-state index is -0.0838. The van der Waals surface area contributed by atoms with Crippen molar-refractivity contribution in [3.63, 3.8) is 0 Å². The standard InChI is InChI=1S/C15H22N4O2.2ClH/c20-15(13-3-1-2-6-16-13)18-14-5-4-12(11-17-14)19-7-9-21-10-8-19;;/h4-5,11,13,16H,1-3,6-10H2,(H,17,18,20);2*1H. The number of anilines is 2. The van der Waals surface area contributed by atoms with Crippen LogP contribution in [0.2, 0.25) is 0 Å². The van der Waals surface area contributed by atoms with Gasteiger partial charge in [0.05, 0.1) is 31.1 Å². The number of nitrogens with zero attached hydrogens (tertiary/aromatic N) is 2. The Labute approximate surface area is 149 Å². The maximum Gasteiger partial charge on any atom is 0.242 e. The summed E-state index contributed by atoms with van der Waals surface area (Å²) in [5.41, 5.74) is 1.08. The van der Waals surface area contributed by atoms with Gasteiger partial charge in [0.15, 0.2) is 0 Å². The lowest BCUT2D eigenvalue weighted by Crippen LogP contribution is -2.43. The molecule has 1 aromatic heterocycles. The zero-order valence-electron chi connectivity index (χ0n) is 13.0. The molecule has 3 rings (SSSR count). The molecule has 8 heteroatoms. The number of pyridine rings is 1. The molecule has 0 aromatic carbocycles. The van der Waals surface area contributed by atoms with E-state index in [9.17, 15) is 4.79 Å². The van der Waals surface area contributed by atoms with Gasteiger partial charge in [0.1, 0.15) is 5.82 Å². The first kappa shape index (κ1) is 20.0. The fraction of sp³-hybridized carbons (Fsp3) is 0.600. The molecule has 3 heterocycles. The number of hydrogen-bond acceptors (Lipinski definition) is 5. The molecule has 2 saturated heterocycles. The normalized spacial score (nSPS) is 20.9. The van der Waals surface area contributed by atoms with E-state index < -0.39 is 0 Å². The summed E-state index contributed by atoms with van der Waals surface area (Å²) in [5, 5.41) is 6.13. The molecule has 1 aromatic rings. The van der Waals surface area contributed by atoms with Gasteiger partial charge in [-0.2, -0.15) is 0 Å². The van der Waals surface area contributed by atoms with E-state index in [1.807, 2.05) is 18.3 Å². The van der Waals surface area contributed by atoms with Crippen molar-refractivity contribution in [2.45, 2.75) is 25.3 Å². The summed E-state index contributed by atoms with van der Waals surface area (Å²) < 4.78 is 5.34. The van der Waals surface area contributed by atoms with Crippen molar-refractivity contribution in [1.29, 1.82) is 0 Å². The highest BCUT2D eigenvalue weighted by molar-refractivity contribution is 5.94. The Kier molecular flexibility index (Phi) is 8.62. The number of piperidine rings is 1. The summed E-state index contributed by atoms with van der Waals surface area (Å²) >= 11 is 0. The quantitative estimate of drug-likeness (QED) is 0.858. The van der Waals surface area contributed by atoms with E-state index in [4.69, 9.17) is 4.74 Å². The molecule has 2 aliphatic rings. The molecule has 2 fully saturated rings. The number of rotatable bonds is 3. The molecule has 0 spiro atoms. The number of aromatic nitrogens is 1. The predicted octanol–water partition coefficient (Wildman–Crippen LogP) is 1.84. The Morgan fingerprint density at radius 1 is 1.26 bits per heavy atom. The maximum atomic E-state index is 12.1. The smallest absolute Gasteiger partial charge is 0.242 e. The number of ether oxygens (including phenoxy) is 1. The number of nitrogens with one attached hydrogen (secondary N) is 2. The van der Waals surface area contributed by atoms with Crippen molar-refractivity contribution in [2.24, 2.45) is 0 Å². The zero-order chi connectivity index (χ0) is 14.5. The van der Waals surface area contributed by atoms with Crippen molar-refractivity contribution >= 4 is 42.2 Å². The lowest BCUT2D eigenvalue weighted by molar-refractivity contribution is -0.118. The number of carbonyl (C=O) groups excluding carboxylic acids is 1. The minimum absolute atomic E-state index is 0. The molecule has 0 bridgehead atoms. The van der Waals surface area contributed by atoms with E-state index in [1.54, 1.807) is 0 Å². The molecule has 0 radical (unpaired) electrons. The summed E-state index contributed by atoms with van der Waals surface area (Å²) in [4.78, 5) is 18.7. The summed E-state index contributed by atoms with van der Waals surface area (Å²) in [6.45, 7) is 4.21. The monoisotopic (exact) mass is 362 g/mol. The third kappa shape index (κ3) is 5.49. The van der Waals surface area contributed by atoms with Crippen LogP contribution in [0, 0.1) is 0 Å².